The minimum atomic E-state index is -4.72. The number of β-lactam (4-membered cyclic amide) rings is 1. The summed E-state index contributed by atoms with van der Waals surface area (Å²) in [6.07, 6.45) is 0. The molecule has 2 saturated heterocycles. The number of carbonyl (C=O) groups is 4. The summed E-state index contributed by atoms with van der Waals surface area (Å²) >= 11 is 0. The van der Waals surface area contributed by atoms with Gasteiger partial charge in [0.15, 0.2) is 11.5 Å². The van der Waals surface area contributed by atoms with Crippen molar-refractivity contribution in [2.45, 2.75) is 6.04 Å². The number of nitrogens with two attached hydrogens (primary N) is 1. The summed E-state index contributed by atoms with van der Waals surface area (Å²) in [4.78, 5) is 49.8. The Kier molecular flexibility index (Phi) is 4.93. The van der Waals surface area contributed by atoms with Crippen LogP contribution in [0.15, 0.2) is 18.2 Å². The number of amides is 7. The highest BCUT2D eigenvalue weighted by atomic mass is 32.2. The number of hydrogen-bond acceptors (Lipinski definition) is 9. The monoisotopic (exact) mass is 428 g/mol. The van der Waals surface area contributed by atoms with Gasteiger partial charge in [0.05, 0.1) is 13.1 Å². The molecule has 14 nitrogen and oxygen atoms in total. The zero-order chi connectivity index (χ0) is 21.5. The van der Waals surface area contributed by atoms with Gasteiger partial charge in [0.25, 0.3) is 0 Å². The zero-order valence-electron chi connectivity index (χ0n) is 14.6. The number of aromatic hydroxyl groups is 2. The molecule has 1 atom stereocenters. The molecule has 29 heavy (non-hydrogen) atoms. The third-order valence-corrected chi connectivity index (χ3v) is 5.06. The number of urea groups is 3. The van der Waals surface area contributed by atoms with Crippen molar-refractivity contribution in [3.63, 3.8) is 0 Å². The molecule has 2 aliphatic heterocycles. The summed E-state index contributed by atoms with van der Waals surface area (Å²) in [6.45, 7) is -0.370. The fourth-order valence-electron chi connectivity index (χ4n) is 2.65. The number of hydrogen-bond donors (Lipinski definition) is 5. The summed E-state index contributed by atoms with van der Waals surface area (Å²) in [5.41, 5.74) is 5.47. The minimum Gasteiger partial charge on any atom is -0.504 e. The quantitative estimate of drug-likeness (QED) is 0.271. The molecule has 0 spiro atoms. The van der Waals surface area contributed by atoms with Crippen LogP contribution in [-0.2, 0) is 15.0 Å². The molecule has 2 aliphatic rings. The van der Waals surface area contributed by atoms with Crippen LogP contribution in [0.4, 0.5) is 20.1 Å². The smallest absolute Gasteiger partial charge is 0.340 e. The lowest BCUT2D eigenvalue weighted by molar-refractivity contribution is -0.137. The summed E-state index contributed by atoms with van der Waals surface area (Å²) in [5, 5.41) is 18.9. The Morgan fingerprint density at radius 2 is 1.66 bits per heavy atom. The molecule has 156 valence electrons. The lowest BCUT2D eigenvalue weighted by atomic mass is 10.1. The van der Waals surface area contributed by atoms with Crippen LogP contribution in [0.5, 0.6) is 11.5 Å². The molecule has 2 heterocycles. The maximum Gasteiger partial charge on any atom is 0.340 e. The largest absolute Gasteiger partial charge is 0.504 e. The zero-order valence-corrected chi connectivity index (χ0v) is 15.4. The number of carbonyl (C=O) groups excluding carboxylic acids is 4. The van der Waals surface area contributed by atoms with Crippen LogP contribution in [0.25, 0.3) is 0 Å². The first-order valence-corrected chi connectivity index (χ1v) is 9.55. The van der Waals surface area contributed by atoms with E-state index in [1.54, 1.807) is 0 Å². The predicted molar refractivity (Wildman–Crippen MR) is 94.9 cm³/mol. The van der Waals surface area contributed by atoms with Crippen molar-refractivity contribution < 1.29 is 37.8 Å². The van der Waals surface area contributed by atoms with E-state index < -0.39 is 51.8 Å². The second-order valence-electron chi connectivity index (χ2n) is 6.13. The minimum absolute atomic E-state index is 0.0109. The van der Waals surface area contributed by atoms with Crippen LogP contribution in [0.2, 0.25) is 0 Å². The number of rotatable bonds is 3. The normalized spacial score (nSPS) is 19.2. The van der Waals surface area contributed by atoms with Crippen molar-refractivity contribution in [1.82, 2.24) is 19.2 Å². The first-order chi connectivity index (χ1) is 13.5. The Bertz CT molecular complexity index is 1010. The molecule has 0 aliphatic carbocycles. The van der Waals surface area contributed by atoms with Crippen molar-refractivity contribution in [2.24, 2.45) is 5.73 Å². The van der Waals surface area contributed by atoms with Gasteiger partial charge in [-0.1, -0.05) is 0 Å². The average Bonchev–Trinajstić information content (AvgIpc) is 3.02. The van der Waals surface area contributed by atoms with Gasteiger partial charge in [0.1, 0.15) is 6.04 Å². The van der Waals surface area contributed by atoms with Crippen molar-refractivity contribution in [1.29, 1.82) is 0 Å². The molecule has 2 fully saturated rings. The molecule has 1 aromatic carbocycles. The van der Waals surface area contributed by atoms with Crippen molar-refractivity contribution >= 4 is 39.9 Å². The molecular formula is C14H16N6O8S. The van der Waals surface area contributed by atoms with E-state index in [0.717, 1.165) is 17.0 Å². The van der Waals surface area contributed by atoms with E-state index in [1.807, 2.05) is 0 Å². The summed E-state index contributed by atoms with van der Waals surface area (Å²) in [6, 6.07) is -0.841. The Balaban J connectivity index is 1.63. The van der Waals surface area contributed by atoms with Gasteiger partial charge in [0.2, 0.25) is 5.91 Å². The standard InChI is InChI=1S/C14H16N6O8S/c15-8-6-20(11(8)23)13(25)17-29(27,28)16-12(24)19-4-3-18(14(19)26)7-1-2-9(21)10(22)5-7/h1-2,5,8,21-22H,3-4,6,15H2,(H,16,24)(H,17,25)/t8-/m0/s1. The molecular weight excluding hydrogens is 412 g/mol. The molecule has 6 N–H and O–H groups in total. The molecule has 3 rings (SSSR count). The molecule has 0 saturated carbocycles. The topological polar surface area (TPSA) is 203 Å². The maximum absolute atomic E-state index is 12.4. The lowest BCUT2D eigenvalue weighted by Crippen LogP contribution is -2.66. The fourth-order valence-corrected chi connectivity index (χ4v) is 3.38. The number of nitrogens with one attached hydrogen (secondary N) is 2. The van der Waals surface area contributed by atoms with E-state index in [-0.39, 0.29) is 25.3 Å². The summed E-state index contributed by atoms with van der Waals surface area (Å²) in [5.74, 6) is -1.66. The van der Waals surface area contributed by atoms with Gasteiger partial charge in [-0.15, -0.1) is 0 Å². The van der Waals surface area contributed by atoms with Gasteiger partial charge in [-0.25, -0.2) is 28.7 Å². The third kappa shape index (κ3) is 3.85. The highest BCUT2D eigenvalue weighted by molar-refractivity contribution is 7.88. The average molecular weight is 428 g/mol. The molecule has 15 heteroatoms. The van der Waals surface area contributed by atoms with E-state index in [4.69, 9.17) is 5.73 Å². The predicted octanol–water partition coefficient (Wildman–Crippen LogP) is -1.83. The van der Waals surface area contributed by atoms with Gasteiger partial charge >= 0.3 is 28.3 Å². The summed E-state index contributed by atoms with van der Waals surface area (Å²) < 4.78 is 26.8. The van der Waals surface area contributed by atoms with Crippen molar-refractivity contribution in [3.05, 3.63) is 18.2 Å². The molecule has 1 aromatic rings. The van der Waals surface area contributed by atoms with Gasteiger partial charge in [-0.05, 0) is 12.1 Å². The number of likely N-dealkylation sites (tertiary alicyclic amines) is 1. The second-order valence-corrected chi connectivity index (χ2v) is 7.55. The van der Waals surface area contributed by atoms with Crippen LogP contribution in [0, 0.1) is 0 Å². The Morgan fingerprint density at radius 1 is 1.03 bits per heavy atom. The molecule has 0 aromatic heterocycles. The first kappa shape index (κ1) is 20.2. The first-order valence-electron chi connectivity index (χ1n) is 8.06. The van der Waals surface area contributed by atoms with Crippen LogP contribution < -0.4 is 20.1 Å². The number of anilines is 1. The van der Waals surface area contributed by atoms with E-state index in [2.05, 4.69) is 0 Å². The van der Waals surface area contributed by atoms with E-state index in [1.165, 1.54) is 15.5 Å². The molecule has 0 bridgehead atoms. The van der Waals surface area contributed by atoms with Crippen LogP contribution in [0.3, 0.4) is 0 Å². The Hall–Kier alpha value is -3.59. The molecule has 0 unspecified atom stereocenters. The van der Waals surface area contributed by atoms with Crippen molar-refractivity contribution in [3.8, 4) is 11.5 Å². The van der Waals surface area contributed by atoms with Crippen LogP contribution >= 0.6 is 0 Å². The summed E-state index contributed by atoms with van der Waals surface area (Å²) in [7, 11) is -4.72. The van der Waals surface area contributed by atoms with Gasteiger partial charge < -0.3 is 15.9 Å². The van der Waals surface area contributed by atoms with Gasteiger partial charge in [-0.2, -0.15) is 8.42 Å². The van der Waals surface area contributed by atoms with Crippen LogP contribution in [-0.4, -0.2) is 78.1 Å². The number of phenolic OH excluding ortho intramolecular Hbond substituents is 2. The van der Waals surface area contributed by atoms with Gasteiger partial charge in [-0.3, -0.25) is 14.6 Å². The van der Waals surface area contributed by atoms with E-state index in [0.29, 0.717) is 9.80 Å². The SMILES string of the molecule is N[C@H]1CN(C(=O)NS(=O)(=O)NC(=O)N2CCN(c3ccc(O)c(O)c3)C2=O)C1=O. The van der Waals surface area contributed by atoms with E-state index in [9.17, 15) is 37.8 Å². The Labute approximate surface area is 163 Å². The number of imide groups is 2. The van der Waals surface area contributed by atoms with Gasteiger partial charge in [0, 0.05) is 18.3 Å². The lowest BCUT2D eigenvalue weighted by Gasteiger charge is -2.33. The van der Waals surface area contributed by atoms with Crippen LogP contribution in [0.1, 0.15) is 0 Å². The number of phenols is 2. The third-order valence-electron chi connectivity index (χ3n) is 4.18. The number of benzene rings is 1. The fraction of sp³-hybridized carbons (Fsp3) is 0.286. The second kappa shape index (κ2) is 7.10. The Morgan fingerprint density at radius 3 is 2.21 bits per heavy atom. The van der Waals surface area contributed by atoms with Crippen molar-refractivity contribution in [2.75, 3.05) is 24.5 Å². The highest BCUT2D eigenvalue weighted by Crippen LogP contribution is 2.31. The van der Waals surface area contributed by atoms with E-state index >= 15 is 0 Å². The molecule has 7 amide bonds. The highest BCUT2D eigenvalue weighted by Gasteiger charge is 2.40. The molecule has 0 radical (unpaired) electrons. The number of nitrogens with zero attached hydrogens (tertiary/aromatic N) is 3. The maximum atomic E-state index is 12.4.